The molecule has 2 amide bonds. The summed E-state index contributed by atoms with van der Waals surface area (Å²) in [6.07, 6.45) is 9.77. The molecule has 10 nitrogen and oxygen atoms in total. The third kappa shape index (κ3) is 7.97. The number of aryl methyl sites for hydroxylation is 1. The fourth-order valence-electron chi connectivity index (χ4n) is 7.12. The van der Waals surface area contributed by atoms with Crippen LogP contribution in [0.2, 0.25) is 0 Å². The second-order valence-corrected chi connectivity index (χ2v) is 13.8. The van der Waals surface area contributed by atoms with Gasteiger partial charge in [-0.3, -0.25) is 9.69 Å². The van der Waals surface area contributed by atoms with E-state index in [0.717, 1.165) is 48.3 Å². The Morgan fingerprint density at radius 2 is 1.79 bits per heavy atom. The number of hydrogen-bond donors (Lipinski definition) is 1. The average Bonchev–Trinajstić information content (AvgIpc) is 3.57. The minimum absolute atomic E-state index is 0.0295. The number of methoxy groups -OCH3 is 1. The first kappa shape index (κ1) is 33.0. The van der Waals surface area contributed by atoms with Crippen LogP contribution in [0.1, 0.15) is 94.1 Å². The smallest absolute Gasteiger partial charge is 0.407 e. The normalized spacial score (nSPS) is 23.2. The lowest BCUT2D eigenvalue weighted by atomic mass is 9.78. The van der Waals surface area contributed by atoms with Crippen molar-refractivity contribution in [3.8, 4) is 17.0 Å². The summed E-state index contributed by atoms with van der Waals surface area (Å²) in [6.45, 7) is 7.88. The van der Waals surface area contributed by atoms with E-state index < -0.39 is 6.09 Å². The van der Waals surface area contributed by atoms with Gasteiger partial charge in [0.2, 0.25) is 5.91 Å². The molecule has 47 heavy (non-hydrogen) atoms. The number of carbonyl (C=O) groups excluding carboxylic acids is 2. The summed E-state index contributed by atoms with van der Waals surface area (Å²) in [5, 5.41) is 2.84. The van der Waals surface area contributed by atoms with Crippen molar-refractivity contribution in [2.45, 2.75) is 96.1 Å². The van der Waals surface area contributed by atoms with Crippen molar-refractivity contribution in [2.24, 2.45) is 11.8 Å². The van der Waals surface area contributed by atoms with Gasteiger partial charge in [0.1, 0.15) is 29.6 Å². The molecule has 10 heteroatoms. The summed E-state index contributed by atoms with van der Waals surface area (Å²) in [7, 11) is 1.71. The number of benzene rings is 1. The molecule has 3 fully saturated rings. The molecule has 0 radical (unpaired) electrons. The fourth-order valence-corrected chi connectivity index (χ4v) is 7.12. The van der Waals surface area contributed by atoms with Gasteiger partial charge in [0.05, 0.1) is 26.4 Å². The zero-order valence-corrected chi connectivity index (χ0v) is 28.1. The highest BCUT2D eigenvalue weighted by molar-refractivity contribution is 5.94. The third-order valence-electron chi connectivity index (χ3n) is 10.0. The molecule has 6 rings (SSSR count). The molecule has 2 saturated carbocycles. The van der Waals surface area contributed by atoms with Crippen LogP contribution in [0.25, 0.3) is 11.3 Å². The monoisotopic (exact) mass is 644 g/mol. The summed E-state index contributed by atoms with van der Waals surface area (Å²) < 4.78 is 22.0. The third-order valence-corrected chi connectivity index (χ3v) is 10.0. The van der Waals surface area contributed by atoms with E-state index in [0.29, 0.717) is 69.0 Å². The second-order valence-electron chi connectivity index (χ2n) is 13.8. The van der Waals surface area contributed by atoms with E-state index in [2.05, 4.69) is 35.4 Å². The van der Waals surface area contributed by atoms with Gasteiger partial charge in [-0.15, -0.1) is 0 Å². The predicted molar refractivity (Wildman–Crippen MR) is 179 cm³/mol. The summed E-state index contributed by atoms with van der Waals surface area (Å²) >= 11 is 0. The van der Waals surface area contributed by atoms with Crippen LogP contribution in [0.15, 0.2) is 47.2 Å². The zero-order chi connectivity index (χ0) is 32.9. The molecule has 1 N–H and O–H groups in total. The maximum absolute atomic E-state index is 14.3. The lowest BCUT2D eigenvalue weighted by Gasteiger charge is -2.36. The van der Waals surface area contributed by atoms with E-state index in [9.17, 15) is 9.59 Å². The van der Waals surface area contributed by atoms with Gasteiger partial charge in [0.15, 0.2) is 5.89 Å². The van der Waals surface area contributed by atoms with Gasteiger partial charge in [-0.05, 0) is 99.5 Å². The van der Waals surface area contributed by atoms with Crippen LogP contribution in [-0.2, 0) is 14.3 Å². The molecule has 1 saturated heterocycles. The van der Waals surface area contributed by atoms with Crippen molar-refractivity contribution in [3.63, 3.8) is 0 Å². The standard InChI is InChI=1S/C37H48N4O6/c1-23(2)35-40-32(22-46-35)29-15-16-38-34(18-29)41(19-25-5-7-26(8-6-25)28-11-14-33(44-4)24(3)17-28)36(42)27-9-12-31(13-10-27)47-37(43)39-30-20-45-21-30/h11,14-18,22-23,25-27,30-31H,5-10,12-13,19-21H2,1-4H3,(H,39,43)/t25-,26-,27-,31-. The van der Waals surface area contributed by atoms with Gasteiger partial charge in [-0.1, -0.05) is 26.0 Å². The maximum atomic E-state index is 14.3. The van der Waals surface area contributed by atoms with Crippen molar-refractivity contribution >= 4 is 17.8 Å². The van der Waals surface area contributed by atoms with Crippen LogP contribution < -0.4 is 15.0 Å². The van der Waals surface area contributed by atoms with Gasteiger partial charge in [-0.25, -0.2) is 14.8 Å². The summed E-state index contributed by atoms with van der Waals surface area (Å²) in [6, 6.07) is 10.4. The lowest BCUT2D eigenvalue weighted by molar-refractivity contribution is -0.124. The molecule has 0 spiro atoms. The fraction of sp³-hybridized carbons (Fsp3) is 0.568. The Kier molecular flexibility index (Phi) is 10.4. The van der Waals surface area contributed by atoms with E-state index in [4.69, 9.17) is 23.6 Å². The lowest BCUT2D eigenvalue weighted by Crippen LogP contribution is -2.49. The molecular formula is C37H48N4O6. The molecule has 0 bridgehead atoms. The van der Waals surface area contributed by atoms with Gasteiger partial charge in [-0.2, -0.15) is 0 Å². The van der Waals surface area contributed by atoms with Gasteiger partial charge < -0.3 is 23.9 Å². The summed E-state index contributed by atoms with van der Waals surface area (Å²) in [5.41, 5.74) is 4.15. The number of pyridine rings is 1. The number of hydrogen-bond acceptors (Lipinski definition) is 8. The van der Waals surface area contributed by atoms with Crippen molar-refractivity contribution < 1.29 is 28.2 Å². The molecule has 0 atom stereocenters. The Morgan fingerprint density at radius 1 is 1.02 bits per heavy atom. The number of alkyl carbamates (subject to hydrolysis) is 1. The van der Waals surface area contributed by atoms with Crippen molar-refractivity contribution in [2.75, 3.05) is 31.8 Å². The topological polar surface area (TPSA) is 116 Å². The van der Waals surface area contributed by atoms with Crippen LogP contribution in [0, 0.1) is 18.8 Å². The van der Waals surface area contributed by atoms with Crippen LogP contribution in [0.4, 0.5) is 10.6 Å². The second kappa shape index (κ2) is 14.9. The van der Waals surface area contributed by atoms with Crippen LogP contribution in [0.3, 0.4) is 0 Å². The summed E-state index contributed by atoms with van der Waals surface area (Å²) in [5.74, 6) is 3.26. The molecule has 0 unspecified atom stereocenters. The Bertz CT molecular complexity index is 1520. The predicted octanol–water partition coefficient (Wildman–Crippen LogP) is 7.17. The van der Waals surface area contributed by atoms with Gasteiger partial charge >= 0.3 is 6.09 Å². The molecule has 3 aromatic rings. The zero-order valence-electron chi connectivity index (χ0n) is 28.1. The molecule has 1 aromatic carbocycles. The van der Waals surface area contributed by atoms with Crippen LogP contribution >= 0.6 is 0 Å². The van der Waals surface area contributed by atoms with E-state index in [1.807, 2.05) is 30.9 Å². The first-order chi connectivity index (χ1) is 22.8. The van der Waals surface area contributed by atoms with E-state index in [1.54, 1.807) is 19.6 Å². The quantitative estimate of drug-likeness (QED) is 0.247. The minimum atomic E-state index is -0.399. The molecule has 3 aliphatic rings. The first-order valence-electron chi connectivity index (χ1n) is 17.2. The number of amides is 2. The molecular weight excluding hydrogens is 596 g/mol. The average molecular weight is 645 g/mol. The van der Waals surface area contributed by atoms with Gasteiger partial charge in [0, 0.05) is 30.1 Å². The van der Waals surface area contributed by atoms with Crippen molar-refractivity contribution in [3.05, 3.63) is 59.8 Å². The maximum Gasteiger partial charge on any atom is 0.407 e. The Hall–Kier alpha value is -3.92. The molecule has 3 heterocycles. The number of aromatic nitrogens is 2. The first-order valence-corrected chi connectivity index (χ1v) is 17.2. The van der Waals surface area contributed by atoms with Crippen LogP contribution in [-0.4, -0.2) is 61.0 Å². The number of ether oxygens (including phenoxy) is 3. The van der Waals surface area contributed by atoms with E-state index in [-0.39, 0.29) is 29.9 Å². The molecule has 2 aliphatic carbocycles. The number of oxazole rings is 1. The molecule has 2 aromatic heterocycles. The largest absolute Gasteiger partial charge is 0.496 e. The van der Waals surface area contributed by atoms with Crippen molar-refractivity contribution in [1.29, 1.82) is 0 Å². The highest BCUT2D eigenvalue weighted by Gasteiger charge is 2.35. The van der Waals surface area contributed by atoms with Crippen molar-refractivity contribution in [1.82, 2.24) is 15.3 Å². The number of nitrogens with zero attached hydrogens (tertiary/aromatic N) is 3. The minimum Gasteiger partial charge on any atom is -0.496 e. The molecule has 1 aliphatic heterocycles. The van der Waals surface area contributed by atoms with Gasteiger partial charge in [0.25, 0.3) is 0 Å². The highest BCUT2D eigenvalue weighted by atomic mass is 16.6. The van der Waals surface area contributed by atoms with Crippen LogP contribution in [0.5, 0.6) is 5.75 Å². The SMILES string of the molecule is COc1ccc([C@H]2CC[C@H](CN(c3cc(-c4coc(C(C)C)n4)ccn3)C(=O)[C@H]3CC[C@H](OC(=O)NC4COC4)CC3)CC2)cc1C. The highest BCUT2D eigenvalue weighted by Crippen LogP contribution is 2.39. The number of anilines is 1. The Labute approximate surface area is 277 Å². The van der Waals surface area contributed by atoms with E-state index >= 15 is 0 Å². The molecule has 252 valence electrons. The van der Waals surface area contributed by atoms with E-state index in [1.165, 1.54) is 5.56 Å². The summed E-state index contributed by atoms with van der Waals surface area (Å²) in [4.78, 5) is 38.0. The number of nitrogens with one attached hydrogen (secondary N) is 1. The number of rotatable bonds is 10. The Balaban J connectivity index is 1.14. The Morgan fingerprint density at radius 3 is 2.43 bits per heavy atom. The number of carbonyl (C=O) groups is 2.